The number of rotatable bonds is 7. The highest BCUT2D eigenvalue weighted by Crippen LogP contribution is 2.27. The molecule has 1 amide bonds. The molecule has 1 aliphatic heterocycles. The minimum absolute atomic E-state index is 0.0766. The molecule has 0 N–H and O–H groups in total. The van der Waals surface area contributed by atoms with Gasteiger partial charge in [0.15, 0.2) is 6.23 Å². The lowest BCUT2D eigenvalue weighted by Gasteiger charge is -2.22. The summed E-state index contributed by atoms with van der Waals surface area (Å²) in [6.45, 7) is 4.20. The van der Waals surface area contributed by atoms with Crippen LogP contribution in [0.1, 0.15) is 35.9 Å². The highest BCUT2D eigenvalue weighted by Gasteiger charge is 2.38. The molecule has 6 heteroatoms. The van der Waals surface area contributed by atoms with Crippen molar-refractivity contribution in [3.63, 3.8) is 0 Å². The summed E-state index contributed by atoms with van der Waals surface area (Å²) in [7, 11) is 0. The molecule has 2 aromatic carbocycles. The van der Waals surface area contributed by atoms with E-state index in [2.05, 4.69) is 4.98 Å². The highest BCUT2D eigenvalue weighted by atomic mass is 19.1. The van der Waals surface area contributed by atoms with E-state index in [1.807, 2.05) is 62.4 Å². The van der Waals surface area contributed by atoms with Crippen molar-refractivity contribution in [2.75, 3.05) is 0 Å². The summed E-state index contributed by atoms with van der Waals surface area (Å²) in [5, 5.41) is 6.20. The Hall–Kier alpha value is -3.38. The third-order valence-electron chi connectivity index (χ3n) is 5.46. The fraction of sp³-hybridized carbons (Fsp3) is 0.269. The van der Waals surface area contributed by atoms with Crippen molar-refractivity contribution in [2.45, 2.75) is 39.5 Å². The second-order valence-corrected chi connectivity index (χ2v) is 8.08. The summed E-state index contributed by atoms with van der Waals surface area (Å²) in [5.74, 6) is -0.553. The minimum atomic E-state index is -0.453. The zero-order valence-electron chi connectivity index (χ0n) is 18.2. The first-order valence-corrected chi connectivity index (χ1v) is 10.7. The number of hydrazone groups is 1. The predicted molar refractivity (Wildman–Crippen MR) is 121 cm³/mol. The maximum Gasteiger partial charge on any atom is 0.248 e. The smallest absolute Gasteiger partial charge is 0.248 e. The SMILES string of the molecule is Cc1cccc(C(Cc2ccc(F)cc2)=NN2C(=O)[C@@H](C)CC2OCc2ccccc2)n1. The van der Waals surface area contributed by atoms with E-state index in [0.717, 1.165) is 16.8 Å². The number of nitrogens with zero attached hydrogens (tertiary/aromatic N) is 3. The minimum Gasteiger partial charge on any atom is -0.352 e. The molecule has 2 heterocycles. The highest BCUT2D eigenvalue weighted by molar-refractivity contribution is 6.01. The summed E-state index contributed by atoms with van der Waals surface area (Å²) in [6, 6.07) is 21.8. The maximum absolute atomic E-state index is 13.4. The van der Waals surface area contributed by atoms with Gasteiger partial charge >= 0.3 is 0 Å². The third kappa shape index (κ3) is 5.26. The van der Waals surface area contributed by atoms with E-state index in [-0.39, 0.29) is 17.6 Å². The van der Waals surface area contributed by atoms with Crippen LogP contribution in [0.3, 0.4) is 0 Å². The van der Waals surface area contributed by atoms with E-state index in [1.165, 1.54) is 17.1 Å². The average molecular weight is 432 g/mol. The van der Waals surface area contributed by atoms with E-state index in [0.29, 0.717) is 30.9 Å². The molecule has 3 aromatic rings. The molecule has 1 aromatic heterocycles. The lowest BCUT2D eigenvalue weighted by molar-refractivity contribution is -0.138. The molecule has 0 bridgehead atoms. The van der Waals surface area contributed by atoms with Crippen LogP contribution in [0.5, 0.6) is 0 Å². The van der Waals surface area contributed by atoms with Gasteiger partial charge in [0.1, 0.15) is 5.82 Å². The van der Waals surface area contributed by atoms with Crippen LogP contribution in [-0.4, -0.2) is 27.8 Å². The van der Waals surface area contributed by atoms with Crippen molar-refractivity contribution in [1.82, 2.24) is 9.99 Å². The number of amides is 1. The van der Waals surface area contributed by atoms with Crippen LogP contribution in [0, 0.1) is 18.7 Å². The van der Waals surface area contributed by atoms with Crippen LogP contribution >= 0.6 is 0 Å². The summed E-state index contributed by atoms with van der Waals surface area (Å²) >= 11 is 0. The number of hydrogen-bond acceptors (Lipinski definition) is 4. The second-order valence-electron chi connectivity index (χ2n) is 8.08. The largest absolute Gasteiger partial charge is 0.352 e. The van der Waals surface area contributed by atoms with E-state index < -0.39 is 6.23 Å². The molecule has 0 radical (unpaired) electrons. The molecule has 164 valence electrons. The number of aromatic nitrogens is 1. The first-order chi connectivity index (χ1) is 15.5. The first-order valence-electron chi connectivity index (χ1n) is 10.7. The lowest BCUT2D eigenvalue weighted by Crippen LogP contribution is -2.32. The Kier molecular flexibility index (Phi) is 6.71. The van der Waals surface area contributed by atoms with Crippen molar-refractivity contribution in [3.8, 4) is 0 Å². The van der Waals surface area contributed by atoms with Crippen molar-refractivity contribution < 1.29 is 13.9 Å². The zero-order chi connectivity index (χ0) is 22.5. The molecule has 1 unspecified atom stereocenters. The van der Waals surface area contributed by atoms with Crippen LogP contribution in [0.25, 0.3) is 0 Å². The molecule has 2 atom stereocenters. The number of halogens is 1. The molecule has 1 aliphatic rings. The number of aryl methyl sites for hydroxylation is 1. The molecule has 1 saturated heterocycles. The molecule has 32 heavy (non-hydrogen) atoms. The average Bonchev–Trinajstić information content (AvgIpc) is 3.07. The maximum atomic E-state index is 13.4. The zero-order valence-corrected chi connectivity index (χ0v) is 18.2. The Morgan fingerprint density at radius 2 is 1.81 bits per heavy atom. The Balaban J connectivity index is 1.63. The van der Waals surface area contributed by atoms with Crippen LogP contribution in [-0.2, 0) is 22.6 Å². The topological polar surface area (TPSA) is 54.8 Å². The van der Waals surface area contributed by atoms with Gasteiger partial charge < -0.3 is 4.74 Å². The van der Waals surface area contributed by atoms with Gasteiger partial charge in [0.2, 0.25) is 5.91 Å². The summed E-state index contributed by atoms with van der Waals surface area (Å²) in [6.07, 6.45) is 0.534. The number of ether oxygens (including phenoxy) is 1. The fourth-order valence-electron chi connectivity index (χ4n) is 3.70. The first kappa shape index (κ1) is 21.8. The second kappa shape index (κ2) is 9.83. The van der Waals surface area contributed by atoms with Gasteiger partial charge in [-0.25, -0.2) is 9.40 Å². The van der Waals surface area contributed by atoms with Gasteiger partial charge in [-0.15, -0.1) is 0 Å². The van der Waals surface area contributed by atoms with Gasteiger partial charge in [0.25, 0.3) is 0 Å². The van der Waals surface area contributed by atoms with E-state index in [9.17, 15) is 9.18 Å². The van der Waals surface area contributed by atoms with Gasteiger partial charge in [0.05, 0.1) is 18.0 Å². The quantitative estimate of drug-likeness (QED) is 0.501. The Bertz CT molecular complexity index is 1100. The molecule has 0 saturated carbocycles. The van der Waals surface area contributed by atoms with Crippen molar-refractivity contribution in [1.29, 1.82) is 0 Å². The number of hydrogen-bond donors (Lipinski definition) is 0. The number of pyridine rings is 1. The number of benzene rings is 2. The molecule has 4 rings (SSSR count). The Morgan fingerprint density at radius 1 is 1.06 bits per heavy atom. The number of carbonyl (C=O) groups is 1. The lowest BCUT2D eigenvalue weighted by atomic mass is 10.1. The fourth-order valence-corrected chi connectivity index (χ4v) is 3.70. The molecule has 5 nitrogen and oxygen atoms in total. The normalized spacial score (nSPS) is 18.9. The van der Waals surface area contributed by atoms with Crippen LogP contribution in [0.2, 0.25) is 0 Å². The predicted octanol–water partition coefficient (Wildman–Crippen LogP) is 4.89. The van der Waals surface area contributed by atoms with Gasteiger partial charge in [-0.1, -0.05) is 55.5 Å². The van der Waals surface area contributed by atoms with E-state index in [4.69, 9.17) is 9.84 Å². The Labute approximate surface area is 187 Å². The summed E-state index contributed by atoms with van der Waals surface area (Å²) in [4.78, 5) is 17.5. The van der Waals surface area contributed by atoms with Gasteiger partial charge in [0, 0.05) is 24.5 Å². The summed E-state index contributed by atoms with van der Waals surface area (Å²) in [5.41, 5.74) is 4.09. The van der Waals surface area contributed by atoms with Gasteiger partial charge in [-0.3, -0.25) is 9.78 Å². The van der Waals surface area contributed by atoms with Crippen molar-refractivity contribution in [3.05, 3.63) is 101 Å². The van der Waals surface area contributed by atoms with Crippen LogP contribution in [0.4, 0.5) is 4.39 Å². The van der Waals surface area contributed by atoms with Crippen LogP contribution in [0.15, 0.2) is 77.9 Å². The molecule has 0 aliphatic carbocycles. The third-order valence-corrected chi connectivity index (χ3v) is 5.46. The van der Waals surface area contributed by atoms with E-state index in [1.54, 1.807) is 12.1 Å². The van der Waals surface area contributed by atoms with Gasteiger partial charge in [-0.2, -0.15) is 5.10 Å². The van der Waals surface area contributed by atoms with Crippen LogP contribution < -0.4 is 0 Å². The van der Waals surface area contributed by atoms with E-state index >= 15 is 0 Å². The molecule has 0 spiro atoms. The standard InChI is InChI=1S/C26H26FN3O2/c1-18-15-25(32-17-21-8-4-3-5-9-21)30(26(18)31)29-24(23-10-6-7-19(2)28-23)16-20-11-13-22(27)14-12-20/h3-14,18,25H,15-17H2,1-2H3/t18-,25?/m0/s1. The molecular weight excluding hydrogens is 405 g/mol. The number of carbonyl (C=O) groups excluding carboxylic acids is 1. The summed E-state index contributed by atoms with van der Waals surface area (Å²) < 4.78 is 19.5. The van der Waals surface area contributed by atoms with Crippen molar-refractivity contribution in [2.24, 2.45) is 11.0 Å². The molecule has 1 fully saturated rings. The van der Waals surface area contributed by atoms with Gasteiger partial charge in [-0.05, 0) is 42.3 Å². The Morgan fingerprint density at radius 3 is 2.53 bits per heavy atom. The monoisotopic (exact) mass is 431 g/mol. The molecular formula is C26H26FN3O2. The van der Waals surface area contributed by atoms with Crippen molar-refractivity contribution >= 4 is 11.6 Å².